The number of hydrogen-bond acceptors (Lipinski definition) is 3. The Morgan fingerprint density at radius 3 is 2.50 bits per heavy atom. The minimum absolute atomic E-state index is 0.0105. The van der Waals surface area contributed by atoms with Gasteiger partial charge in [0.1, 0.15) is 0 Å². The molecular formula is C12H24N2O2. The van der Waals surface area contributed by atoms with Crippen LogP contribution in [0.15, 0.2) is 0 Å². The van der Waals surface area contributed by atoms with Gasteiger partial charge < -0.3 is 15.7 Å². The van der Waals surface area contributed by atoms with Gasteiger partial charge in [-0.15, -0.1) is 0 Å². The molecule has 16 heavy (non-hydrogen) atoms. The zero-order valence-electron chi connectivity index (χ0n) is 10.2. The average Bonchev–Trinajstić information content (AvgIpc) is 2.29. The van der Waals surface area contributed by atoms with Crippen LogP contribution in [0, 0.1) is 5.41 Å². The van der Waals surface area contributed by atoms with Gasteiger partial charge in [-0.05, 0) is 12.8 Å². The highest BCUT2D eigenvalue weighted by Crippen LogP contribution is 2.34. The maximum atomic E-state index is 10.6. The molecule has 0 spiro atoms. The van der Waals surface area contributed by atoms with E-state index in [9.17, 15) is 9.90 Å². The molecule has 0 aromatic rings. The van der Waals surface area contributed by atoms with Crippen molar-refractivity contribution in [1.82, 2.24) is 10.6 Å². The van der Waals surface area contributed by atoms with E-state index in [1.54, 1.807) is 0 Å². The molecule has 0 atom stereocenters. The molecule has 0 saturated heterocycles. The van der Waals surface area contributed by atoms with E-state index in [-0.39, 0.29) is 17.9 Å². The number of aliphatic hydroxyl groups excluding tert-OH is 1. The molecule has 0 aliphatic heterocycles. The molecule has 0 radical (unpaired) electrons. The first-order valence-electron chi connectivity index (χ1n) is 6.25. The first-order chi connectivity index (χ1) is 7.68. The summed E-state index contributed by atoms with van der Waals surface area (Å²) in [7, 11) is 0. The van der Waals surface area contributed by atoms with Gasteiger partial charge in [-0.3, -0.25) is 4.79 Å². The summed E-state index contributed by atoms with van der Waals surface area (Å²) < 4.78 is 0. The Labute approximate surface area is 97.8 Å². The van der Waals surface area contributed by atoms with Gasteiger partial charge >= 0.3 is 0 Å². The smallest absolute Gasteiger partial charge is 0.216 e. The highest BCUT2D eigenvalue weighted by Gasteiger charge is 2.30. The minimum Gasteiger partial charge on any atom is -0.396 e. The van der Waals surface area contributed by atoms with Crippen LogP contribution in [-0.4, -0.2) is 37.3 Å². The number of carbonyl (C=O) groups is 1. The van der Waals surface area contributed by atoms with Crippen LogP contribution in [0.2, 0.25) is 0 Å². The molecular weight excluding hydrogens is 204 g/mol. The predicted octanol–water partition coefficient (Wildman–Crippen LogP) is 0.655. The topological polar surface area (TPSA) is 61.4 Å². The lowest BCUT2D eigenvalue weighted by atomic mass is 9.74. The number of aliphatic hydroxyl groups is 1. The minimum atomic E-state index is 0.0105. The number of amides is 1. The summed E-state index contributed by atoms with van der Waals surface area (Å²) in [4.78, 5) is 10.6. The van der Waals surface area contributed by atoms with E-state index >= 15 is 0 Å². The van der Waals surface area contributed by atoms with Gasteiger partial charge in [-0.25, -0.2) is 0 Å². The van der Waals surface area contributed by atoms with E-state index in [4.69, 9.17) is 0 Å². The van der Waals surface area contributed by atoms with Crippen LogP contribution in [0.1, 0.15) is 39.0 Å². The highest BCUT2D eigenvalue weighted by atomic mass is 16.3. The van der Waals surface area contributed by atoms with E-state index in [1.807, 2.05) is 0 Å². The molecule has 0 bridgehead atoms. The molecule has 0 unspecified atom stereocenters. The van der Waals surface area contributed by atoms with Crippen LogP contribution in [0.4, 0.5) is 0 Å². The van der Waals surface area contributed by atoms with E-state index in [2.05, 4.69) is 10.6 Å². The fourth-order valence-corrected chi connectivity index (χ4v) is 2.37. The van der Waals surface area contributed by atoms with Crippen LogP contribution >= 0.6 is 0 Å². The lowest BCUT2D eigenvalue weighted by molar-refractivity contribution is -0.118. The number of hydrogen-bond donors (Lipinski definition) is 3. The van der Waals surface area contributed by atoms with Crippen molar-refractivity contribution >= 4 is 5.91 Å². The number of nitrogens with one attached hydrogen (secondary N) is 2. The third-order valence-electron chi connectivity index (χ3n) is 3.43. The van der Waals surface area contributed by atoms with Crippen molar-refractivity contribution in [3.63, 3.8) is 0 Å². The maximum Gasteiger partial charge on any atom is 0.216 e. The lowest BCUT2D eigenvalue weighted by Crippen LogP contribution is -2.41. The highest BCUT2D eigenvalue weighted by molar-refractivity contribution is 5.72. The van der Waals surface area contributed by atoms with Gasteiger partial charge in [0.15, 0.2) is 0 Å². The normalized spacial score (nSPS) is 19.4. The Morgan fingerprint density at radius 2 is 1.94 bits per heavy atom. The molecule has 4 nitrogen and oxygen atoms in total. The van der Waals surface area contributed by atoms with Crippen molar-refractivity contribution in [2.24, 2.45) is 5.41 Å². The first-order valence-corrected chi connectivity index (χ1v) is 6.25. The summed E-state index contributed by atoms with van der Waals surface area (Å²) >= 11 is 0. The zero-order valence-corrected chi connectivity index (χ0v) is 10.2. The Kier molecular flexibility index (Phi) is 5.77. The lowest BCUT2D eigenvalue weighted by Gasteiger charge is -2.35. The van der Waals surface area contributed by atoms with Gasteiger partial charge in [0.2, 0.25) is 5.91 Å². The maximum absolute atomic E-state index is 10.6. The van der Waals surface area contributed by atoms with Gasteiger partial charge in [0, 0.05) is 38.6 Å². The van der Waals surface area contributed by atoms with Gasteiger partial charge in [-0.1, -0.05) is 19.3 Å². The fraction of sp³-hybridized carbons (Fsp3) is 0.917. The van der Waals surface area contributed by atoms with E-state index < -0.39 is 0 Å². The Bertz CT molecular complexity index is 213. The third kappa shape index (κ3) is 4.49. The first kappa shape index (κ1) is 13.5. The fourth-order valence-electron chi connectivity index (χ4n) is 2.37. The molecule has 1 saturated carbocycles. The molecule has 0 heterocycles. The Balaban J connectivity index is 2.15. The largest absolute Gasteiger partial charge is 0.396 e. The third-order valence-corrected chi connectivity index (χ3v) is 3.43. The van der Waals surface area contributed by atoms with Crippen molar-refractivity contribution in [3.8, 4) is 0 Å². The summed E-state index contributed by atoms with van der Waals surface area (Å²) in [5, 5.41) is 15.6. The molecule has 4 heteroatoms. The summed E-state index contributed by atoms with van der Waals surface area (Å²) in [6.45, 7) is 4.11. The van der Waals surface area contributed by atoms with E-state index in [1.165, 1.54) is 26.2 Å². The second-order valence-corrected chi connectivity index (χ2v) is 4.88. The van der Waals surface area contributed by atoms with Crippen LogP contribution in [0.25, 0.3) is 0 Å². The second kappa shape index (κ2) is 6.86. The molecule has 1 fully saturated rings. The molecule has 1 aliphatic carbocycles. The molecule has 0 aromatic carbocycles. The Morgan fingerprint density at radius 1 is 1.25 bits per heavy atom. The summed E-state index contributed by atoms with van der Waals surface area (Å²) in [5.41, 5.74) is 0.0917. The quantitative estimate of drug-likeness (QED) is 0.585. The number of carbonyl (C=O) groups excluding carboxylic acids is 1. The van der Waals surface area contributed by atoms with E-state index in [0.29, 0.717) is 6.54 Å². The van der Waals surface area contributed by atoms with Gasteiger partial charge in [0.25, 0.3) is 0 Å². The van der Waals surface area contributed by atoms with Crippen molar-refractivity contribution < 1.29 is 9.90 Å². The number of rotatable bonds is 6. The van der Waals surface area contributed by atoms with Gasteiger partial charge in [-0.2, -0.15) is 0 Å². The summed E-state index contributed by atoms with van der Waals surface area (Å²) in [5.74, 6) is 0.0105. The van der Waals surface area contributed by atoms with Crippen molar-refractivity contribution in [1.29, 1.82) is 0 Å². The average molecular weight is 228 g/mol. The van der Waals surface area contributed by atoms with Gasteiger partial charge in [0.05, 0.1) is 0 Å². The van der Waals surface area contributed by atoms with E-state index in [0.717, 1.165) is 25.9 Å². The summed E-state index contributed by atoms with van der Waals surface area (Å²) in [6.07, 6.45) is 6.00. The van der Waals surface area contributed by atoms with Crippen LogP contribution < -0.4 is 10.6 Å². The summed E-state index contributed by atoms with van der Waals surface area (Å²) in [6, 6.07) is 0. The zero-order chi connectivity index (χ0) is 11.9. The molecule has 1 rings (SSSR count). The molecule has 1 amide bonds. The van der Waals surface area contributed by atoms with Crippen LogP contribution in [0.3, 0.4) is 0 Å². The van der Waals surface area contributed by atoms with Crippen molar-refractivity contribution in [3.05, 3.63) is 0 Å². The monoisotopic (exact) mass is 228 g/mol. The molecule has 3 N–H and O–H groups in total. The molecule has 1 aliphatic rings. The second-order valence-electron chi connectivity index (χ2n) is 4.88. The van der Waals surface area contributed by atoms with Crippen molar-refractivity contribution in [2.75, 3.05) is 26.2 Å². The predicted molar refractivity (Wildman–Crippen MR) is 64.2 cm³/mol. The van der Waals surface area contributed by atoms with Crippen LogP contribution in [-0.2, 0) is 4.79 Å². The SMILES string of the molecule is CC(=O)NCCNCC1(CO)CCCCC1. The van der Waals surface area contributed by atoms with Crippen molar-refractivity contribution in [2.45, 2.75) is 39.0 Å². The molecule has 94 valence electrons. The molecule has 0 aromatic heterocycles. The standard InChI is InChI=1S/C12H24N2O2/c1-11(16)14-8-7-13-9-12(10-15)5-3-2-4-6-12/h13,15H,2-10H2,1H3,(H,14,16). The Hall–Kier alpha value is -0.610. The van der Waals surface area contributed by atoms with Crippen LogP contribution in [0.5, 0.6) is 0 Å².